The largest absolute Gasteiger partial charge is 0.370 e. The molecule has 0 aliphatic carbocycles. The molecule has 1 saturated heterocycles. The third-order valence-electron chi connectivity index (χ3n) is 3.14. The van der Waals surface area contributed by atoms with Crippen molar-refractivity contribution in [3.8, 4) is 0 Å². The van der Waals surface area contributed by atoms with E-state index >= 15 is 0 Å². The minimum Gasteiger partial charge on any atom is -0.370 e. The van der Waals surface area contributed by atoms with Gasteiger partial charge in [0.05, 0.1) is 5.92 Å². The van der Waals surface area contributed by atoms with Crippen LogP contribution in [0.1, 0.15) is 12.8 Å². The van der Waals surface area contributed by atoms with Crippen LogP contribution in [0.25, 0.3) is 0 Å². The van der Waals surface area contributed by atoms with E-state index < -0.39 is 0 Å². The first-order valence-electron chi connectivity index (χ1n) is 6.46. The van der Waals surface area contributed by atoms with E-state index in [1.54, 1.807) is 6.20 Å². The highest BCUT2D eigenvalue weighted by atomic mass is 16.7. The molecule has 0 radical (unpaired) electrons. The van der Waals surface area contributed by atoms with Crippen LogP contribution in [0.2, 0.25) is 0 Å². The third-order valence-corrected chi connectivity index (χ3v) is 3.14. The summed E-state index contributed by atoms with van der Waals surface area (Å²) in [7, 11) is 0. The molecule has 0 saturated carbocycles. The lowest BCUT2D eigenvalue weighted by Crippen LogP contribution is -2.39. The molecule has 2 heterocycles. The first kappa shape index (κ1) is 13.7. The van der Waals surface area contributed by atoms with Crippen LogP contribution in [-0.2, 0) is 9.63 Å². The average molecular weight is 265 g/mol. The van der Waals surface area contributed by atoms with Crippen LogP contribution in [0.5, 0.6) is 0 Å². The Kier molecular flexibility index (Phi) is 5.05. The highest BCUT2D eigenvalue weighted by Crippen LogP contribution is 2.21. The summed E-state index contributed by atoms with van der Waals surface area (Å²) in [6.07, 6.45) is 4.80. The predicted molar refractivity (Wildman–Crippen MR) is 70.1 cm³/mol. The van der Waals surface area contributed by atoms with E-state index in [4.69, 9.17) is 10.6 Å². The molecule has 1 aliphatic heterocycles. The highest BCUT2D eigenvalue weighted by Gasteiger charge is 2.26. The first-order valence-corrected chi connectivity index (χ1v) is 6.46. The fourth-order valence-electron chi connectivity index (χ4n) is 2.08. The molecular formula is C12H19N5O2. The van der Waals surface area contributed by atoms with E-state index in [0.29, 0.717) is 13.1 Å². The summed E-state index contributed by atoms with van der Waals surface area (Å²) < 4.78 is 0. The Hall–Kier alpha value is -1.73. The Bertz CT molecular complexity index is 392. The SMILES string of the molecule is NCCNOC(=O)C1CCN(c2ccncn2)CC1. The number of hydroxylamine groups is 1. The number of nitrogens with two attached hydrogens (primary N) is 1. The number of nitrogens with zero attached hydrogens (tertiary/aromatic N) is 3. The highest BCUT2D eigenvalue weighted by molar-refractivity contribution is 5.72. The predicted octanol–water partition coefficient (Wildman–Crippen LogP) is -0.300. The minimum absolute atomic E-state index is 0.0524. The van der Waals surface area contributed by atoms with Gasteiger partial charge in [0.15, 0.2) is 0 Å². The molecule has 0 unspecified atom stereocenters. The molecule has 3 N–H and O–H groups in total. The molecule has 0 atom stereocenters. The second-order valence-corrected chi connectivity index (χ2v) is 4.43. The van der Waals surface area contributed by atoms with Gasteiger partial charge in [-0.3, -0.25) is 4.79 Å². The summed E-state index contributed by atoms with van der Waals surface area (Å²) in [5, 5.41) is 0. The summed E-state index contributed by atoms with van der Waals surface area (Å²) in [4.78, 5) is 26.9. The molecule has 1 fully saturated rings. The fourth-order valence-corrected chi connectivity index (χ4v) is 2.08. The Labute approximate surface area is 112 Å². The summed E-state index contributed by atoms with van der Waals surface area (Å²) in [6, 6.07) is 1.88. The van der Waals surface area contributed by atoms with Crippen molar-refractivity contribution in [2.45, 2.75) is 12.8 Å². The van der Waals surface area contributed by atoms with E-state index in [1.165, 1.54) is 6.33 Å². The van der Waals surface area contributed by atoms with Crippen molar-refractivity contribution < 1.29 is 9.63 Å². The van der Waals surface area contributed by atoms with E-state index in [-0.39, 0.29) is 11.9 Å². The van der Waals surface area contributed by atoms with Crippen molar-refractivity contribution in [1.82, 2.24) is 15.4 Å². The molecule has 7 nitrogen and oxygen atoms in total. The maximum Gasteiger partial charge on any atom is 0.327 e. The minimum atomic E-state index is -0.198. The van der Waals surface area contributed by atoms with Crippen molar-refractivity contribution in [2.75, 3.05) is 31.1 Å². The van der Waals surface area contributed by atoms with Crippen molar-refractivity contribution in [1.29, 1.82) is 0 Å². The lowest BCUT2D eigenvalue weighted by Gasteiger charge is -2.31. The van der Waals surface area contributed by atoms with Gasteiger partial charge in [0.25, 0.3) is 0 Å². The van der Waals surface area contributed by atoms with Gasteiger partial charge in [-0.25, -0.2) is 9.97 Å². The normalized spacial score (nSPS) is 16.4. The lowest BCUT2D eigenvalue weighted by molar-refractivity contribution is -0.156. The van der Waals surface area contributed by atoms with Crippen LogP contribution < -0.4 is 16.1 Å². The Morgan fingerprint density at radius 1 is 1.53 bits per heavy atom. The molecule has 1 aromatic rings. The summed E-state index contributed by atoms with van der Waals surface area (Å²) in [6.45, 7) is 2.52. The van der Waals surface area contributed by atoms with Gasteiger partial charge < -0.3 is 15.5 Å². The van der Waals surface area contributed by atoms with Crippen molar-refractivity contribution in [3.63, 3.8) is 0 Å². The molecule has 104 valence electrons. The number of nitrogens with one attached hydrogen (secondary N) is 1. The standard InChI is InChI=1S/C12H19N5O2/c13-4-6-16-19-12(18)10-2-7-17(8-3-10)11-1-5-14-9-15-11/h1,5,9-10,16H,2-4,6-8,13H2. The number of rotatable bonds is 5. The maximum absolute atomic E-state index is 11.7. The number of anilines is 1. The molecule has 0 amide bonds. The zero-order chi connectivity index (χ0) is 13.5. The number of hydrogen-bond donors (Lipinski definition) is 2. The molecular weight excluding hydrogens is 246 g/mol. The average Bonchev–Trinajstić information content (AvgIpc) is 2.48. The molecule has 0 aromatic carbocycles. The number of carbonyl (C=O) groups excluding carboxylic acids is 1. The van der Waals surface area contributed by atoms with Gasteiger partial charge in [-0.2, -0.15) is 5.48 Å². The third kappa shape index (κ3) is 3.87. The smallest absolute Gasteiger partial charge is 0.327 e. The van der Waals surface area contributed by atoms with Gasteiger partial charge in [0, 0.05) is 32.4 Å². The van der Waals surface area contributed by atoms with Crippen LogP contribution in [0.15, 0.2) is 18.6 Å². The van der Waals surface area contributed by atoms with Crippen LogP contribution in [0.3, 0.4) is 0 Å². The Morgan fingerprint density at radius 3 is 2.95 bits per heavy atom. The fraction of sp³-hybridized carbons (Fsp3) is 0.583. The topological polar surface area (TPSA) is 93.4 Å². The van der Waals surface area contributed by atoms with Gasteiger partial charge >= 0.3 is 5.97 Å². The van der Waals surface area contributed by atoms with Gasteiger partial charge in [-0.15, -0.1) is 0 Å². The summed E-state index contributed by atoms with van der Waals surface area (Å²) in [5.41, 5.74) is 7.87. The molecule has 1 aliphatic rings. The van der Waals surface area contributed by atoms with Crippen LogP contribution >= 0.6 is 0 Å². The molecule has 7 heteroatoms. The lowest BCUT2D eigenvalue weighted by atomic mass is 9.97. The van der Waals surface area contributed by atoms with Gasteiger partial charge in [-0.1, -0.05) is 0 Å². The Morgan fingerprint density at radius 2 is 2.32 bits per heavy atom. The van der Waals surface area contributed by atoms with Crippen LogP contribution in [-0.4, -0.2) is 42.1 Å². The van der Waals surface area contributed by atoms with Crippen molar-refractivity contribution >= 4 is 11.8 Å². The maximum atomic E-state index is 11.7. The zero-order valence-electron chi connectivity index (χ0n) is 10.8. The van der Waals surface area contributed by atoms with Crippen molar-refractivity contribution in [2.24, 2.45) is 11.7 Å². The van der Waals surface area contributed by atoms with Crippen LogP contribution in [0.4, 0.5) is 5.82 Å². The summed E-state index contributed by atoms with van der Waals surface area (Å²) in [5.74, 6) is 0.655. The number of carbonyl (C=O) groups is 1. The quantitative estimate of drug-likeness (QED) is 0.557. The molecule has 2 rings (SSSR count). The monoisotopic (exact) mass is 265 g/mol. The van der Waals surface area contributed by atoms with E-state index in [2.05, 4.69) is 20.3 Å². The second kappa shape index (κ2) is 7.01. The first-order chi connectivity index (χ1) is 9.31. The number of aromatic nitrogens is 2. The molecule has 0 bridgehead atoms. The van der Waals surface area contributed by atoms with E-state index in [9.17, 15) is 4.79 Å². The van der Waals surface area contributed by atoms with Gasteiger partial charge in [0.2, 0.25) is 0 Å². The zero-order valence-corrected chi connectivity index (χ0v) is 10.8. The molecule has 19 heavy (non-hydrogen) atoms. The van der Waals surface area contributed by atoms with E-state index in [0.717, 1.165) is 31.7 Å². The summed E-state index contributed by atoms with van der Waals surface area (Å²) >= 11 is 0. The van der Waals surface area contributed by atoms with Crippen LogP contribution in [0, 0.1) is 5.92 Å². The second-order valence-electron chi connectivity index (χ2n) is 4.43. The van der Waals surface area contributed by atoms with Crippen molar-refractivity contribution in [3.05, 3.63) is 18.6 Å². The number of hydrogen-bond acceptors (Lipinski definition) is 7. The Balaban J connectivity index is 1.77. The molecule has 0 spiro atoms. The van der Waals surface area contributed by atoms with E-state index in [1.807, 2.05) is 6.07 Å². The number of piperidine rings is 1. The van der Waals surface area contributed by atoms with Gasteiger partial charge in [0.1, 0.15) is 12.1 Å². The molecule has 1 aromatic heterocycles. The van der Waals surface area contributed by atoms with Gasteiger partial charge in [-0.05, 0) is 18.9 Å².